The van der Waals surface area contributed by atoms with E-state index >= 15 is 0 Å². The molecular weight excluding hydrogens is 519 g/mol. The van der Waals surface area contributed by atoms with Gasteiger partial charge in [-0.15, -0.1) is 0 Å². The molecule has 0 aliphatic carbocycles. The predicted molar refractivity (Wildman–Crippen MR) is 150 cm³/mol. The molecule has 3 N–H and O–H groups in total. The van der Waals surface area contributed by atoms with Crippen molar-refractivity contribution in [1.82, 2.24) is 0 Å². The topological polar surface area (TPSA) is 105 Å². The number of nitrogens with one attached hydrogen (secondary N) is 2. The lowest BCUT2D eigenvalue weighted by Gasteiger charge is -2.22. The molecule has 0 aliphatic rings. The zero-order valence-corrected chi connectivity index (χ0v) is 22.6. The van der Waals surface area contributed by atoms with E-state index in [9.17, 15) is 22.7 Å². The fourth-order valence-corrected chi connectivity index (χ4v) is 5.42. The van der Waals surface area contributed by atoms with Gasteiger partial charge in [0.15, 0.2) is 15.6 Å². The third-order valence-corrected chi connectivity index (χ3v) is 8.24. The second-order valence-electron chi connectivity index (χ2n) is 9.14. The van der Waals surface area contributed by atoms with E-state index in [1.54, 1.807) is 43.3 Å². The lowest BCUT2D eigenvalue weighted by atomic mass is 10.2. The zero-order valence-electron chi connectivity index (χ0n) is 21.7. The molecule has 202 valence electrons. The summed E-state index contributed by atoms with van der Waals surface area (Å²) in [7, 11) is -3.79. The number of phenolic OH excluding ortho intramolecular Hbond substituents is 1. The molecule has 0 radical (unpaired) electrons. The van der Waals surface area contributed by atoms with E-state index in [1.807, 2.05) is 26.0 Å². The molecule has 1 amide bonds. The van der Waals surface area contributed by atoms with Crippen molar-refractivity contribution in [3.05, 3.63) is 107 Å². The molecule has 0 aromatic heterocycles. The number of phenols is 1. The highest BCUT2D eigenvalue weighted by atomic mass is 32.2. The number of hydrogen-bond acceptors (Lipinski definition) is 6. The van der Waals surface area contributed by atoms with Gasteiger partial charge in [0, 0.05) is 17.7 Å². The molecule has 4 rings (SSSR count). The fraction of sp³-hybridized carbons (Fsp3) is 0.167. The van der Waals surface area contributed by atoms with Crippen LogP contribution in [0.3, 0.4) is 0 Å². The summed E-state index contributed by atoms with van der Waals surface area (Å²) in [5.41, 5.74) is 2.40. The van der Waals surface area contributed by atoms with Crippen LogP contribution in [0, 0.1) is 19.7 Å². The molecule has 9 heteroatoms. The lowest BCUT2D eigenvalue weighted by Crippen LogP contribution is -2.29. The van der Waals surface area contributed by atoms with E-state index in [-0.39, 0.29) is 39.8 Å². The highest BCUT2D eigenvalue weighted by Crippen LogP contribution is 2.39. The first kappa shape index (κ1) is 27.7. The van der Waals surface area contributed by atoms with Gasteiger partial charge in [0.1, 0.15) is 22.7 Å². The Morgan fingerprint density at radius 3 is 2.08 bits per heavy atom. The second kappa shape index (κ2) is 11.6. The number of amides is 1. The van der Waals surface area contributed by atoms with Crippen LogP contribution < -0.4 is 15.4 Å². The van der Waals surface area contributed by atoms with Crippen LogP contribution in [0.25, 0.3) is 0 Å². The Bertz CT molecular complexity index is 1570. The van der Waals surface area contributed by atoms with Crippen molar-refractivity contribution in [1.29, 1.82) is 0 Å². The van der Waals surface area contributed by atoms with Crippen molar-refractivity contribution >= 4 is 27.1 Å². The minimum absolute atomic E-state index is 0.0337. The van der Waals surface area contributed by atoms with Crippen LogP contribution in [0.15, 0.2) is 89.8 Å². The van der Waals surface area contributed by atoms with Crippen molar-refractivity contribution in [3.63, 3.8) is 0 Å². The number of aryl methyl sites for hydroxylation is 2. The summed E-state index contributed by atoms with van der Waals surface area (Å²) >= 11 is 0. The Hall–Kier alpha value is -4.37. The third-order valence-electron chi connectivity index (χ3n) is 6.11. The largest absolute Gasteiger partial charge is 0.506 e. The third kappa shape index (κ3) is 6.56. The molecule has 0 heterocycles. The average Bonchev–Trinajstić information content (AvgIpc) is 2.91. The molecule has 4 aromatic carbocycles. The minimum Gasteiger partial charge on any atom is -0.506 e. The predicted octanol–water partition coefficient (Wildman–Crippen LogP) is 6.81. The number of hydrogen-bond donors (Lipinski definition) is 3. The summed E-state index contributed by atoms with van der Waals surface area (Å²) < 4.78 is 46.2. The molecule has 0 bridgehead atoms. The molecular formula is C30H29FN2O5S. The number of carbonyl (C=O) groups excluding carboxylic acids is 1. The van der Waals surface area contributed by atoms with Crippen LogP contribution in [0.5, 0.6) is 17.2 Å². The summed E-state index contributed by atoms with van der Waals surface area (Å²) in [4.78, 5) is 12.9. The molecule has 4 aromatic rings. The summed E-state index contributed by atoms with van der Waals surface area (Å²) in [6.07, 6.45) is 0.226. The highest BCUT2D eigenvalue weighted by Gasteiger charge is 2.27. The second-order valence-corrected chi connectivity index (χ2v) is 11.3. The quantitative estimate of drug-likeness (QED) is 0.198. The van der Waals surface area contributed by atoms with Gasteiger partial charge in [-0.25, -0.2) is 12.8 Å². The van der Waals surface area contributed by atoms with Crippen molar-refractivity contribution in [2.75, 3.05) is 10.6 Å². The van der Waals surface area contributed by atoms with Gasteiger partial charge in [-0.1, -0.05) is 42.3 Å². The summed E-state index contributed by atoms with van der Waals surface area (Å²) in [6.45, 7) is 5.54. The normalized spacial score (nSPS) is 12.0. The monoisotopic (exact) mass is 548 g/mol. The number of benzene rings is 4. The van der Waals surface area contributed by atoms with Gasteiger partial charge in [-0.3, -0.25) is 4.79 Å². The highest BCUT2D eigenvalue weighted by molar-refractivity contribution is 7.92. The van der Waals surface area contributed by atoms with E-state index in [1.165, 1.54) is 24.3 Å². The van der Waals surface area contributed by atoms with Crippen LogP contribution in [-0.2, 0) is 9.84 Å². The number of halogens is 1. The zero-order chi connectivity index (χ0) is 28.2. The average molecular weight is 549 g/mol. The SMILES string of the molecule is CCC(Nc1cc(O)c(NC(=O)c2ccc(F)cc2)cc1Oc1ccc(C)cc1)S(=O)(=O)c1ccc(C)cc1. The number of sulfone groups is 1. The smallest absolute Gasteiger partial charge is 0.255 e. The number of ether oxygens (including phenoxy) is 1. The summed E-state index contributed by atoms with van der Waals surface area (Å²) in [5, 5.41) is 15.4. The Balaban J connectivity index is 1.70. The van der Waals surface area contributed by atoms with Gasteiger partial charge < -0.3 is 20.5 Å². The van der Waals surface area contributed by atoms with Gasteiger partial charge in [0.05, 0.1) is 16.3 Å². The minimum atomic E-state index is -3.79. The first-order valence-corrected chi connectivity index (χ1v) is 13.9. The first-order chi connectivity index (χ1) is 18.6. The maximum absolute atomic E-state index is 13.4. The Morgan fingerprint density at radius 2 is 1.49 bits per heavy atom. The van der Waals surface area contributed by atoms with Gasteiger partial charge in [-0.2, -0.15) is 0 Å². The maximum atomic E-state index is 13.4. The molecule has 0 saturated carbocycles. The molecule has 0 spiro atoms. The van der Waals surface area contributed by atoms with E-state index in [2.05, 4.69) is 10.6 Å². The van der Waals surface area contributed by atoms with E-state index in [0.29, 0.717) is 5.75 Å². The molecule has 0 fully saturated rings. The molecule has 1 unspecified atom stereocenters. The summed E-state index contributed by atoms with van der Waals surface area (Å²) in [5.74, 6) is -0.708. The van der Waals surface area contributed by atoms with Crippen molar-refractivity contribution in [3.8, 4) is 17.2 Å². The van der Waals surface area contributed by atoms with Crippen LogP contribution in [0.1, 0.15) is 34.8 Å². The number of anilines is 2. The van der Waals surface area contributed by atoms with Crippen LogP contribution in [0.2, 0.25) is 0 Å². The van der Waals surface area contributed by atoms with Crippen molar-refractivity contribution in [2.24, 2.45) is 0 Å². The Labute approximate surface area is 227 Å². The van der Waals surface area contributed by atoms with Crippen molar-refractivity contribution in [2.45, 2.75) is 37.5 Å². The number of rotatable bonds is 9. The fourth-order valence-electron chi connectivity index (χ4n) is 3.86. The van der Waals surface area contributed by atoms with Gasteiger partial charge in [0.25, 0.3) is 5.91 Å². The van der Waals surface area contributed by atoms with Gasteiger partial charge in [0.2, 0.25) is 0 Å². The number of aromatic hydroxyl groups is 1. The molecule has 1 atom stereocenters. The van der Waals surface area contributed by atoms with E-state index in [0.717, 1.165) is 23.3 Å². The number of carbonyl (C=O) groups is 1. The Kier molecular flexibility index (Phi) is 8.21. The molecule has 39 heavy (non-hydrogen) atoms. The van der Waals surface area contributed by atoms with Crippen LogP contribution in [-0.4, -0.2) is 24.8 Å². The van der Waals surface area contributed by atoms with E-state index in [4.69, 9.17) is 4.74 Å². The molecule has 0 aliphatic heterocycles. The van der Waals surface area contributed by atoms with Gasteiger partial charge >= 0.3 is 0 Å². The first-order valence-electron chi connectivity index (χ1n) is 12.3. The lowest BCUT2D eigenvalue weighted by molar-refractivity contribution is 0.102. The van der Waals surface area contributed by atoms with Gasteiger partial charge in [-0.05, 0) is 68.8 Å². The summed E-state index contributed by atoms with van der Waals surface area (Å²) in [6, 6.07) is 21.5. The van der Waals surface area contributed by atoms with Crippen LogP contribution >= 0.6 is 0 Å². The Morgan fingerprint density at radius 1 is 0.897 bits per heavy atom. The van der Waals surface area contributed by atoms with E-state index < -0.39 is 26.9 Å². The maximum Gasteiger partial charge on any atom is 0.255 e. The standard InChI is InChI=1S/C30H29FN2O5S/c1-4-29(39(36,37)24-15-7-20(3)8-16-24)32-26-17-27(34)25(33-30(35)21-9-11-22(31)12-10-21)18-28(26)38-23-13-5-19(2)6-14-23/h5-18,29,32,34H,4H2,1-3H3,(H,33,35). The molecule has 7 nitrogen and oxygen atoms in total. The van der Waals surface area contributed by atoms with Crippen LogP contribution in [0.4, 0.5) is 15.8 Å². The molecule has 0 saturated heterocycles. The van der Waals surface area contributed by atoms with Crippen molar-refractivity contribution < 1.29 is 27.4 Å².